The normalized spacial score (nSPS) is 12.2. The summed E-state index contributed by atoms with van der Waals surface area (Å²) in [5, 5.41) is -0.614. The molecule has 0 saturated heterocycles. The average molecular weight is 269 g/mol. The molecule has 0 saturated carbocycles. The number of benzene rings is 1. The summed E-state index contributed by atoms with van der Waals surface area (Å²) in [6.45, 7) is 4.36. The summed E-state index contributed by atoms with van der Waals surface area (Å²) in [7, 11) is 0. The minimum absolute atomic E-state index is 0.0568. The van der Waals surface area contributed by atoms with Gasteiger partial charge >= 0.3 is 0 Å². The number of Topliss-reactive ketones (excluding diaryl/α,β-unsaturated/α-hetero) is 1. The van der Waals surface area contributed by atoms with Crippen molar-refractivity contribution in [1.29, 1.82) is 0 Å². The quantitative estimate of drug-likeness (QED) is 0.512. The number of ether oxygens (including phenoxy) is 1. The highest BCUT2D eigenvalue weighted by atomic mass is 35.5. The van der Waals surface area contributed by atoms with E-state index in [0.29, 0.717) is 6.61 Å². The number of ketones is 1. The SMILES string of the molecule is CCCCCCOc1ccccc1C(Cl)C(C)=O. The number of halogens is 1. The van der Waals surface area contributed by atoms with Crippen LogP contribution in [-0.2, 0) is 4.79 Å². The molecule has 2 nitrogen and oxygen atoms in total. The molecule has 0 aromatic heterocycles. The maximum atomic E-state index is 11.3. The van der Waals surface area contributed by atoms with Gasteiger partial charge < -0.3 is 4.74 Å². The lowest BCUT2D eigenvalue weighted by Crippen LogP contribution is -2.06. The second-order valence-electron chi connectivity index (χ2n) is 4.42. The van der Waals surface area contributed by atoms with Crippen LogP contribution in [0.2, 0.25) is 0 Å². The molecule has 18 heavy (non-hydrogen) atoms. The van der Waals surface area contributed by atoms with Crippen molar-refractivity contribution >= 4 is 17.4 Å². The molecule has 3 heteroatoms. The number of para-hydroxylation sites is 1. The van der Waals surface area contributed by atoms with Crippen LogP contribution in [0, 0.1) is 0 Å². The maximum absolute atomic E-state index is 11.3. The van der Waals surface area contributed by atoms with Crippen LogP contribution >= 0.6 is 11.6 Å². The number of carbonyl (C=O) groups excluding carboxylic acids is 1. The highest BCUT2D eigenvalue weighted by Gasteiger charge is 2.17. The molecule has 1 aromatic carbocycles. The summed E-state index contributed by atoms with van der Waals surface area (Å²) in [5.41, 5.74) is 0.766. The van der Waals surface area contributed by atoms with E-state index in [9.17, 15) is 4.79 Å². The molecule has 0 radical (unpaired) electrons. The molecule has 0 aliphatic rings. The second-order valence-corrected chi connectivity index (χ2v) is 4.86. The Morgan fingerprint density at radius 2 is 2.00 bits per heavy atom. The number of hydrogen-bond donors (Lipinski definition) is 0. The van der Waals surface area contributed by atoms with Crippen LogP contribution in [0.4, 0.5) is 0 Å². The highest BCUT2D eigenvalue weighted by Crippen LogP contribution is 2.30. The molecule has 1 unspecified atom stereocenters. The molecule has 100 valence electrons. The first-order valence-corrected chi connectivity index (χ1v) is 6.96. The Morgan fingerprint density at radius 1 is 1.28 bits per heavy atom. The van der Waals surface area contributed by atoms with E-state index in [2.05, 4.69) is 6.92 Å². The first-order chi connectivity index (χ1) is 8.66. The van der Waals surface area contributed by atoms with Gasteiger partial charge in [-0.15, -0.1) is 11.6 Å². The predicted octanol–water partition coefficient (Wildman–Crippen LogP) is 4.51. The van der Waals surface area contributed by atoms with Crippen molar-refractivity contribution in [3.63, 3.8) is 0 Å². The fourth-order valence-electron chi connectivity index (χ4n) is 1.75. The third kappa shape index (κ3) is 4.69. The van der Waals surface area contributed by atoms with Gasteiger partial charge in [-0.25, -0.2) is 0 Å². The molecule has 0 N–H and O–H groups in total. The molecule has 0 amide bonds. The van der Waals surface area contributed by atoms with Gasteiger partial charge in [0.25, 0.3) is 0 Å². The summed E-state index contributed by atoms with van der Waals surface area (Å²) in [5.74, 6) is 0.669. The standard InChI is InChI=1S/C15H21ClO2/c1-3-4-5-8-11-18-14-10-7-6-9-13(14)15(16)12(2)17/h6-7,9-10,15H,3-5,8,11H2,1-2H3. The van der Waals surface area contributed by atoms with E-state index in [1.54, 1.807) is 0 Å². The first-order valence-electron chi connectivity index (χ1n) is 6.53. The van der Waals surface area contributed by atoms with E-state index in [1.807, 2.05) is 24.3 Å². The van der Waals surface area contributed by atoms with E-state index in [0.717, 1.165) is 17.7 Å². The molecule has 1 atom stereocenters. The molecule has 0 fully saturated rings. The number of unbranched alkanes of at least 4 members (excludes halogenated alkanes) is 3. The zero-order chi connectivity index (χ0) is 13.4. The van der Waals surface area contributed by atoms with E-state index in [4.69, 9.17) is 16.3 Å². The smallest absolute Gasteiger partial charge is 0.152 e. The molecule has 1 rings (SSSR count). The van der Waals surface area contributed by atoms with Crippen LogP contribution in [0.15, 0.2) is 24.3 Å². The van der Waals surface area contributed by atoms with Gasteiger partial charge in [0.05, 0.1) is 6.61 Å². The number of hydrogen-bond acceptors (Lipinski definition) is 2. The van der Waals surface area contributed by atoms with Gasteiger partial charge in [0.1, 0.15) is 11.1 Å². The fraction of sp³-hybridized carbons (Fsp3) is 0.533. The molecule has 0 bridgehead atoms. The highest BCUT2D eigenvalue weighted by molar-refractivity contribution is 6.31. The van der Waals surface area contributed by atoms with Crippen LogP contribution < -0.4 is 4.74 Å². The third-order valence-electron chi connectivity index (χ3n) is 2.80. The van der Waals surface area contributed by atoms with Gasteiger partial charge in [-0.05, 0) is 19.4 Å². The molecule has 0 spiro atoms. The van der Waals surface area contributed by atoms with Crippen LogP contribution in [0.3, 0.4) is 0 Å². The zero-order valence-corrected chi connectivity index (χ0v) is 11.9. The van der Waals surface area contributed by atoms with Crippen molar-refractivity contribution in [1.82, 2.24) is 0 Å². The van der Waals surface area contributed by atoms with Gasteiger partial charge in [-0.2, -0.15) is 0 Å². The molecule has 1 aromatic rings. The minimum atomic E-state index is -0.614. The summed E-state index contributed by atoms with van der Waals surface area (Å²) < 4.78 is 5.72. The van der Waals surface area contributed by atoms with Crippen LogP contribution in [0.25, 0.3) is 0 Å². The number of rotatable bonds is 8. The molecular weight excluding hydrogens is 248 g/mol. The van der Waals surface area contributed by atoms with Gasteiger partial charge in [0.2, 0.25) is 0 Å². The molecular formula is C15H21ClO2. The van der Waals surface area contributed by atoms with Gasteiger partial charge in [-0.3, -0.25) is 4.79 Å². The van der Waals surface area contributed by atoms with E-state index < -0.39 is 5.38 Å². The summed E-state index contributed by atoms with van der Waals surface area (Å²) >= 11 is 6.08. The molecule has 0 heterocycles. The second kappa shape index (κ2) is 8.15. The predicted molar refractivity (Wildman–Crippen MR) is 75.4 cm³/mol. The largest absolute Gasteiger partial charge is 0.493 e. The van der Waals surface area contributed by atoms with Crippen molar-refractivity contribution in [2.24, 2.45) is 0 Å². The first kappa shape index (κ1) is 15.0. The van der Waals surface area contributed by atoms with Crippen LogP contribution in [0.1, 0.15) is 50.5 Å². The lowest BCUT2D eigenvalue weighted by molar-refractivity contribution is -0.116. The van der Waals surface area contributed by atoms with E-state index in [1.165, 1.54) is 26.2 Å². The maximum Gasteiger partial charge on any atom is 0.152 e. The Kier molecular flexibility index (Phi) is 6.81. The summed E-state index contributed by atoms with van der Waals surface area (Å²) in [4.78, 5) is 11.3. The van der Waals surface area contributed by atoms with E-state index >= 15 is 0 Å². The monoisotopic (exact) mass is 268 g/mol. The van der Waals surface area contributed by atoms with Crippen LogP contribution in [0.5, 0.6) is 5.75 Å². The average Bonchev–Trinajstić information content (AvgIpc) is 2.38. The van der Waals surface area contributed by atoms with E-state index in [-0.39, 0.29) is 5.78 Å². The third-order valence-corrected chi connectivity index (χ3v) is 3.35. The van der Waals surface area contributed by atoms with Gasteiger partial charge in [0.15, 0.2) is 5.78 Å². The van der Waals surface area contributed by atoms with Crippen molar-refractivity contribution < 1.29 is 9.53 Å². The summed E-state index contributed by atoms with van der Waals surface area (Å²) in [6.07, 6.45) is 4.66. The topological polar surface area (TPSA) is 26.3 Å². The van der Waals surface area contributed by atoms with Crippen molar-refractivity contribution in [3.05, 3.63) is 29.8 Å². The van der Waals surface area contributed by atoms with Crippen molar-refractivity contribution in [2.45, 2.75) is 44.9 Å². The minimum Gasteiger partial charge on any atom is -0.493 e. The van der Waals surface area contributed by atoms with Crippen LogP contribution in [-0.4, -0.2) is 12.4 Å². The lowest BCUT2D eigenvalue weighted by Gasteiger charge is -2.13. The lowest BCUT2D eigenvalue weighted by atomic mass is 10.1. The zero-order valence-electron chi connectivity index (χ0n) is 11.1. The van der Waals surface area contributed by atoms with Crippen molar-refractivity contribution in [3.8, 4) is 5.75 Å². The molecule has 0 aliphatic carbocycles. The van der Waals surface area contributed by atoms with Gasteiger partial charge in [-0.1, -0.05) is 44.4 Å². The Morgan fingerprint density at radius 3 is 2.67 bits per heavy atom. The molecule has 0 aliphatic heterocycles. The Bertz CT molecular complexity index is 377. The fourth-order valence-corrected chi connectivity index (χ4v) is 1.93. The Balaban J connectivity index is 2.57. The Hall–Kier alpha value is -1.02. The number of carbonyl (C=O) groups is 1. The summed E-state index contributed by atoms with van der Waals surface area (Å²) in [6, 6.07) is 7.49. The number of alkyl halides is 1. The Labute approximate surface area is 114 Å². The van der Waals surface area contributed by atoms with Gasteiger partial charge in [0, 0.05) is 5.56 Å². The van der Waals surface area contributed by atoms with Crippen molar-refractivity contribution in [2.75, 3.05) is 6.61 Å².